The summed E-state index contributed by atoms with van der Waals surface area (Å²) in [6.45, 7) is 2.43. The molecule has 2 heterocycles. The third-order valence-corrected chi connectivity index (χ3v) is 4.40. The second-order valence-electron chi connectivity index (χ2n) is 6.24. The number of rotatable bonds is 5. The van der Waals surface area contributed by atoms with Gasteiger partial charge in [0.05, 0.1) is 29.2 Å². The lowest BCUT2D eigenvalue weighted by Gasteiger charge is -2.19. The highest BCUT2D eigenvalue weighted by Gasteiger charge is 2.18. The van der Waals surface area contributed by atoms with Crippen LogP contribution in [0, 0.1) is 5.82 Å². The Kier molecular flexibility index (Phi) is 4.52. The van der Waals surface area contributed by atoms with Crippen molar-refractivity contribution in [2.24, 2.45) is 0 Å². The first-order valence-electron chi connectivity index (χ1n) is 8.63. The van der Waals surface area contributed by atoms with Gasteiger partial charge in [0, 0.05) is 12.4 Å². The first kappa shape index (κ1) is 17.1. The van der Waals surface area contributed by atoms with Gasteiger partial charge in [-0.15, -0.1) is 0 Å². The maximum absolute atomic E-state index is 13.4. The summed E-state index contributed by atoms with van der Waals surface area (Å²) in [7, 11) is 0. The molecular weight excluding hydrogens is 345 g/mol. The van der Waals surface area contributed by atoms with E-state index in [2.05, 4.69) is 15.3 Å². The minimum atomic E-state index is -0.355. The van der Waals surface area contributed by atoms with Crippen molar-refractivity contribution in [3.05, 3.63) is 88.7 Å². The van der Waals surface area contributed by atoms with Gasteiger partial charge in [-0.3, -0.25) is 9.36 Å². The number of H-pyrrole nitrogens is 1. The summed E-state index contributed by atoms with van der Waals surface area (Å²) in [6.07, 6.45) is 3.44. The Hall–Kier alpha value is -3.32. The van der Waals surface area contributed by atoms with Crippen molar-refractivity contribution in [2.45, 2.75) is 19.5 Å². The number of fused-ring (bicyclic) bond motifs is 1. The lowest BCUT2D eigenvalue weighted by molar-refractivity contribution is 0.523. The van der Waals surface area contributed by atoms with E-state index in [0.717, 1.165) is 5.82 Å². The number of hydrogen-bond acceptors (Lipinski definition) is 4. The van der Waals surface area contributed by atoms with Gasteiger partial charge >= 0.3 is 0 Å². The first-order valence-corrected chi connectivity index (χ1v) is 8.63. The summed E-state index contributed by atoms with van der Waals surface area (Å²) in [4.78, 5) is 25.1. The van der Waals surface area contributed by atoms with Crippen LogP contribution < -0.4 is 10.9 Å². The number of para-hydroxylation sites is 1. The lowest BCUT2D eigenvalue weighted by atomic mass is 10.2. The zero-order valence-corrected chi connectivity index (χ0v) is 14.7. The minimum absolute atomic E-state index is 0.186. The van der Waals surface area contributed by atoms with Crippen molar-refractivity contribution in [1.29, 1.82) is 0 Å². The molecule has 1 unspecified atom stereocenters. The van der Waals surface area contributed by atoms with Crippen molar-refractivity contribution < 1.29 is 4.39 Å². The molecule has 4 rings (SSSR count). The van der Waals surface area contributed by atoms with Crippen molar-refractivity contribution in [1.82, 2.24) is 24.8 Å². The monoisotopic (exact) mass is 363 g/mol. The third-order valence-electron chi connectivity index (χ3n) is 4.40. The van der Waals surface area contributed by atoms with Crippen LogP contribution >= 0.6 is 0 Å². The number of benzene rings is 2. The molecule has 0 aliphatic heterocycles. The highest BCUT2D eigenvalue weighted by Crippen LogP contribution is 2.18. The smallest absolute Gasteiger partial charge is 0.266 e. The van der Waals surface area contributed by atoms with Crippen molar-refractivity contribution >= 4 is 10.9 Å². The van der Waals surface area contributed by atoms with E-state index in [-0.39, 0.29) is 17.4 Å². The zero-order chi connectivity index (χ0) is 18.8. The van der Waals surface area contributed by atoms with Gasteiger partial charge in [0.1, 0.15) is 17.5 Å². The standard InChI is InChI=1S/C20H18FN5O/c1-13(24-12-18-22-10-11-23-18)19-25-17-5-3-2-4-16(17)20(27)26(19)15-8-6-14(21)7-9-15/h2-11,13,24H,12H2,1H3,(H,22,23). The molecular formula is C20H18FN5O. The third kappa shape index (κ3) is 3.37. The molecule has 0 saturated heterocycles. The molecule has 0 spiro atoms. The van der Waals surface area contributed by atoms with Gasteiger partial charge in [-0.25, -0.2) is 14.4 Å². The fourth-order valence-corrected chi connectivity index (χ4v) is 3.02. The minimum Gasteiger partial charge on any atom is -0.348 e. The molecule has 0 aliphatic rings. The van der Waals surface area contributed by atoms with Gasteiger partial charge < -0.3 is 10.3 Å². The van der Waals surface area contributed by atoms with Crippen LogP contribution in [0.2, 0.25) is 0 Å². The van der Waals surface area contributed by atoms with Crippen LogP contribution in [0.3, 0.4) is 0 Å². The molecule has 0 radical (unpaired) electrons. The molecule has 6 nitrogen and oxygen atoms in total. The Bertz CT molecular complexity index is 1120. The van der Waals surface area contributed by atoms with Crippen LogP contribution in [0.15, 0.2) is 65.7 Å². The number of hydrogen-bond donors (Lipinski definition) is 2. The summed E-state index contributed by atoms with van der Waals surface area (Å²) in [6, 6.07) is 12.8. The molecule has 0 fully saturated rings. The van der Waals surface area contributed by atoms with Crippen LogP contribution in [0.5, 0.6) is 0 Å². The summed E-state index contributed by atoms with van der Waals surface area (Å²) in [5.41, 5.74) is 1.01. The SMILES string of the molecule is CC(NCc1ncc[nH]1)c1nc2ccccc2c(=O)n1-c1ccc(F)cc1. The molecule has 2 N–H and O–H groups in total. The maximum atomic E-state index is 13.4. The summed E-state index contributed by atoms with van der Waals surface area (Å²) in [5.74, 6) is 0.987. The summed E-state index contributed by atoms with van der Waals surface area (Å²) < 4.78 is 14.9. The lowest BCUT2D eigenvalue weighted by Crippen LogP contribution is -2.30. The van der Waals surface area contributed by atoms with Crippen LogP contribution in [-0.4, -0.2) is 19.5 Å². The second-order valence-corrected chi connectivity index (χ2v) is 6.24. The van der Waals surface area contributed by atoms with Gasteiger partial charge in [0.15, 0.2) is 0 Å². The van der Waals surface area contributed by atoms with Crippen LogP contribution in [-0.2, 0) is 6.54 Å². The zero-order valence-electron chi connectivity index (χ0n) is 14.7. The van der Waals surface area contributed by atoms with Crippen molar-refractivity contribution in [3.8, 4) is 5.69 Å². The van der Waals surface area contributed by atoms with E-state index < -0.39 is 0 Å². The van der Waals surface area contributed by atoms with E-state index in [4.69, 9.17) is 4.98 Å². The highest BCUT2D eigenvalue weighted by molar-refractivity contribution is 5.77. The topological polar surface area (TPSA) is 75.6 Å². The highest BCUT2D eigenvalue weighted by atomic mass is 19.1. The predicted octanol–water partition coefficient (Wildman–Crippen LogP) is 3.10. The van der Waals surface area contributed by atoms with E-state index in [0.29, 0.717) is 29.0 Å². The van der Waals surface area contributed by atoms with Gasteiger partial charge in [0.25, 0.3) is 5.56 Å². The molecule has 0 saturated carbocycles. The molecule has 0 bridgehead atoms. The van der Waals surface area contributed by atoms with E-state index in [1.807, 2.05) is 19.1 Å². The van der Waals surface area contributed by atoms with E-state index in [1.165, 1.54) is 16.7 Å². The van der Waals surface area contributed by atoms with Gasteiger partial charge in [-0.05, 0) is 43.3 Å². The number of aromatic nitrogens is 4. The van der Waals surface area contributed by atoms with Crippen molar-refractivity contribution in [2.75, 3.05) is 0 Å². The normalized spacial score (nSPS) is 12.4. The average Bonchev–Trinajstić information content (AvgIpc) is 3.21. The van der Waals surface area contributed by atoms with Crippen molar-refractivity contribution in [3.63, 3.8) is 0 Å². The number of nitrogens with zero attached hydrogens (tertiary/aromatic N) is 3. The number of nitrogens with one attached hydrogen (secondary N) is 2. The average molecular weight is 363 g/mol. The fourth-order valence-electron chi connectivity index (χ4n) is 3.02. The molecule has 4 aromatic rings. The molecule has 2 aromatic carbocycles. The van der Waals surface area contributed by atoms with Crippen LogP contribution in [0.4, 0.5) is 4.39 Å². The quantitative estimate of drug-likeness (QED) is 0.571. The number of halogens is 1. The molecule has 0 amide bonds. The number of aromatic amines is 1. The molecule has 0 aliphatic carbocycles. The summed E-state index contributed by atoms with van der Waals surface area (Å²) >= 11 is 0. The second kappa shape index (κ2) is 7.13. The molecule has 7 heteroatoms. The van der Waals surface area contributed by atoms with Gasteiger partial charge in [0.2, 0.25) is 0 Å². The van der Waals surface area contributed by atoms with E-state index >= 15 is 0 Å². The molecule has 27 heavy (non-hydrogen) atoms. The van der Waals surface area contributed by atoms with Crippen LogP contribution in [0.1, 0.15) is 24.6 Å². The Labute approximate surface area is 154 Å². The molecule has 136 valence electrons. The Morgan fingerprint density at radius 3 is 2.70 bits per heavy atom. The predicted molar refractivity (Wildman–Crippen MR) is 101 cm³/mol. The molecule has 1 atom stereocenters. The Morgan fingerprint density at radius 2 is 1.96 bits per heavy atom. The number of imidazole rings is 1. The summed E-state index contributed by atoms with van der Waals surface area (Å²) in [5, 5.41) is 3.84. The van der Waals surface area contributed by atoms with E-state index in [9.17, 15) is 9.18 Å². The Balaban J connectivity index is 1.83. The fraction of sp³-hybridized carbons (Fsp3) is 0.150. The maximum Gasteiger partial charge on any atom is 0.266 e. The van der Waals surface area contributed by atoms with E-state index in [1.54, 1.807) is 36.7 Å². The Morgan fingerprint density at radius 1 is 1.19 bits per heavy atom. The van der Waals surface area contributed by atoms with Gasteiger partial charge in [-0.2, -0.15) is 0 Å². The molecule has 2 aromatic heterocycles. The van der Waals surface area contributed by atoms with Crippen LogP contribution in [0.25, 0.3) is 16.6 Å². The van der Waals surface area contributed by atoms with Gasteiger partial charge in [-0.1, -0.05) is 12.1 Å². The first-order chi connectivity index (χ1) is 13.1. The largest absolute Gasteiger partial charge is 0.348 e.